The maximum absolute atomic E-state index is 13.0. The van der Waals surface area contributed by atoms with Gasteiger partial charge in [-0.05, 0) is 47.0 Å². The predicted octanol–water partition coefficient (Wildman–Crippen LogP) is 4.51. The zero-order chi connectivity index (χ0) is 19.0. The van der Waals surface area contributed by atoms with Crippen LogP contribution in [0.3, 0.4) is 0 Å². The average molecular weight is 364 g/mol. The van der Waals surface area contributed by atoms with E-state index in [1.54, 1.807) is 0 Å². The van der Waals surface area contributed by atoms with Gasteiger partial charge in [-0.15, -0.1) is 0 Å². The molecule has 0 heterocycles. The molecule has 0 aromatic heterocycles. The molecular formula is C16H10F6O3. The molecule has 134 valence electrons. The number of carboxylic acids is 1. The number of rotatable bonds is 3. The summed E-state index contributed by atoms with van der Waals surface area (Å²) in [5, 5.41) is 18.3. The minimum atomic E-state index is -4.87. The largest absolute Gasteiger partial charge is 0.479 e. The second-order valence-corrected chi connectivity index (χ2v) is 5.16. The molecule has 0 amide bonds. The van der Waals surface area contributed by atoms with E-state index in [1.165, 1.54) is 0 Å². The monoisotopic (exact) mass is 364 g/mol. The highest BCUT2D eigenvalue weighted by molar-refractivity contribution is 5.76. The van der Waals surface area contributed by atoms with Crippen molar-refractivity contribution in [3.63, 3.8) is 0 Å². The lowest BCUT2D eigenvalue weighted by molar-refractivity contribution is -0.147. The van der Waals surface area contributed by atoms with E-state index < -0.39 is 41.1 Å². The van der Waals surface area contributed by atoms with Gasteiger partial charge in [0.15, 0.2) is 6.10 Å². The zero-order valence-corrected chi connectivity index (χ0v) is 12.2. The zero-order valence-electron chi connectivity index (χ0n) is 12.2. The Balaban J connectivity index is 2.65. The highest BCUT2D eigenvalue weighted by Gasteiger charge is 2.33. The smallest absolute Gasteiger partial charge is 0.416 e. The molecule has 0 saturated carbocycles. The van der Waals surface area contributed by atoms with Crippen molar-refractivity contribution in [1.29, 1.82) is 0 Å². The summed E-state index contributed by atoms with van der Waals surface area (Å²) in [6, 6.07) is 5.51. The molecule has 1 atom stereocenters. The van der Waals surface area contributed by atoms with Crippen LogP contribution in [-0.2, 0) is 17.1 Å². The maximum Gasteiger partial charge on any atom is 0.416 e. The molecule has 2 N–H and O–H groups in total. The van der Waals surface area contributed by atoms with Crippen LogP contribution in [0.1, 0.15) is 22.8 Å². The summed E-state index contributed by atoms with van der Waals surface area (Å²) in [6.45, 7) is 0. The van der Waals surface area contributed by atoms with E-state index in [-0.39, 0.29) is 11.1 Å². The highest BCUT2D eigenvalue weighted by atomic mass is 19.4. The van der Waals surface area contributed by atoms with Crippen LogP contribution in [-0.4, -0.2) is 16.2 Å². The first kappa shape index (κ1) is 18.8. The number of halogens is 6. The third-order valence-electron chi connectivity index (χ3n) is 3.36. The molecular weight excluding hydrogens is 354 g/mol. The second kappa shape index (κ2) is 6.40. The molecule has 0 aliphatic heterocycles. The molecule has 0 fully saturated rings. The number of alkyl halides is 6. The van der Waals surface area contributed by atoms with E-state index in [4.69, 9.17) is 5.11 Å². The molecule has 0 radical (unpaired) electrons. The quantitative estimate of drug-likeness (QED) is 0.788. The van der Waals surface area contributed by atoms with Crippen molar-refractivity contribution in [2.75, 3.05) is 0 Å². The van der Waals surface area contributed by atoms with Gasteiger partial charge in [0.25, 0.3) is 0 Å². The van der Waals surface area contributed by atoms with E-state index in [2.05, 4.69) is 0 Å². The lowest BCUT2D eigenvalue weighted by Gasteiger charge is -2.15. The Morgan fingerprint density at radius 2 is 1.40 bits per heavy atom. The number of hydrogen-bond acceptors (Lipinski definition) is 2. The lowest BCUT2D eigenvalue weighted by Crippen LogP contribution is -2.13. The second-order valence-electron chi connectivity index (χ2n) is 5.16. The number of aliphatic hydroxyl groups excluding tert-OH is 1. The summed E-state index contributed by atoms with van der Waals surface area (Å²) < 4.78 is 77.3. The molecule has 1 unspecified atom stereocenters. The Labute approximate surface area is 137 Å². The lowest BCUT2D eigenvalue weighted by atomic mass is 9.96. The van der Waals surface area contributed by atoms with Gasteiger partial charge < -0.3 is 10.2 Å². The first-order valence-electron chi connectivity index (χ1n) is 6.70. The van der Waals surface area contributed by atoms with Crippen molar-refractivity contribution in [3.8, 4) is 11.1 Å². The number of carbonyl (C=O) groups is 1. The molecule has 25 heavy (non-hydrogen) atoms. The minimum Gasteiger partial charge on any atom is -0.479 e. The normalized spacial score (nSPS) is 13.6. The van der Waals surface area contributed by atoms with Crippen LogP contribution >= 0.6 is 0 Å². The van der Waals surface area contributed by atoms with Crippen LogP contribution in [0.15, 0.2) is 42.5 Å². The number of aliphatic carboxylic acids is 1. The van der Waals surface area contributed by atoms with Gasteiger partial charge in [-0.2, -0.15) is 26.3 Å². The van der Waals surface area contributed by atoms with E-state index in [0.717, 1.165) is 24.3 Å². The molecule has 2 aromatic carbocycles. The fourth-order valence-electron chi connectivity index (χ4n) is 2.16. The molecule has 9 heteroatoms. The van der Waals surface area contributed by atoms with Gasteiger partial charge in [-0.25, -0.2) is 4.79 Å². The van der Waals surface area contributed by atoms with Crippen molar-refractivity contribution in [1.82, 2.24) is 0 Å². The summed E-state index contributed by atoms with van der Waals surface area (Å²) in [4.78, 5) is 10.8. The fourth-order valence-corrected chi connectivity index (χ4v) is 2.16. The van der Waals surface area contributed by atoms with Crippen molar-refractivity contribution in [2.24, 2.45) is 0 Å². The predicted molar refractivity (Wildman–Crippen MR) is 74.5 cm³/mol. The van der Waals surface area contributed by atoms with Gasteiger partial charge in [0.05, 0.1) is 11.1 Å². The number of carboxylic acid groups (broad SMARTS) is 1. The average Bonchev–Trinajstić information content (AvgIpc) is 2.52. The number of benzene rings is 2. The first-order chi connectivity index (χ1) is 11.4. The minimum absolute atomic E-state index is 0.195. The van der Waals surface area contributed by atoms with Crippen LogP contribution in [0.25, 0.3) is 11.1 Å². The van der Waals surface area contributed by atoms with Gasteiger partial charge in [0.2, 0.25) is 0 Å². The van der Waals surface area contributed by atoms with E-state index in [1.807, 2.05) is 0 Å². The van der Waals surface area contributed by atoms with Crippen LogP contribution in [0.5, 0.6) is 0 Å². The maximum atomic E-state index is 13.0. The summed E-state index contributed by atoms with van der Waals surface area (Å²) in [5.41, 5.74) is -3.42. The Morgan fingerprint density at radius 1 is 0.840 bits per heavy atom. The standard InChI is InChI=1S/C16H10F6O3/c17-15(18,19)11-3-1-2-8(5-11)9-4-10(13(23)14(24)25)7-12(6-9)16(20,21)22/h1-7,13,23H,(H,24,25). The molecule has 0 bridgehead atoms. The molecule has 2 rings (SSSR count). The van der Waals surface area contributed by atoms with Gasteiger partial charge in [-0.3, -0.25) is 0 Å². The van der Waals surface area contributed by atoms with Gasteiger partial charge in [-0.1, -0.05) is 12.1 Å². The Bertz CT molecular complexity index is 795. The Hall–Kier alpha value is -2.55. The van der Waals surface area contributed by atoms with E-state index in [9.17, 15) is 36.2 Å². The molecule has 3 nitrogen and oxygen atoms in total. The van der Waals surface area contributed by atoms with Crippen LogP contribution < -0.4 is 0 Å². The van der Waals surface area contributed by atoms with Crippen LogP contribution in [0, 0.1) is 0 Å². The van der Waals surface area contributed by atoms with Crippen molar-refractivity contribution in [2.45, 2.75) is 18.5 Å². The number of aliphatic hydroxyl groups is 1. The van der Waals surface area contributed by atoms with Crippen molar-refractivity contribution >= 4 is 5.97 Å². The molecule has 0 spiro atoms. The molecule has 2 aromatic rings. The molecule has 0 aliphatic rings. The van der Waals surface area contributed by atoms with Crippen molar-refractivity contribution in [3.05, 3.63) is 59.2 Å². The topological polar surface area (TPSA) is 57.5 Å². The van der Waals surface area contributed by atoms with Gasteiger partial charge in [0.1, 0.15) is 0 Å². The third-order valence-corrected chi connectivity index (χ3v) is 3.36. The van der Waals surface area contributed by atoms with Crippen molar-refractivity contribution < 1.29 is 41.4 Å². The van der Waals surface area contributed by atoms with Gasteiger partial charge >= 0.3 is 18.3 Å². The summed E-state index contributed by atoms with van der Waals surface area (Å²) in [5.74, 6) is -1.78. The number of hydrogen-bond donors (Lipinski definition) is 2. The Morgan fingerprint density at radius 3 is 1.92 bits per heavy atom. The molecule has 0 saturated heterocycles. The fraction of sp³-hybridized carbons (Fsp3) is 0.188. The highest BCUT2D eigenvalue weighted by Crippen LogP contribution is 2.37. The summed E-state index contributed by atoms with van der Waals surface area (Å²) >= 11 is 0. The van der Waals surface area contributed by atoms with E-state index >= 15 is 0 Å². The van der Waals surface area contributed by atoms with Crippen LogP contribution in [0.2, 0.25) is 0 Å². The third kappa shape index (κ3) is 4.30. The molecule has 0 aliphatic carbocycles. The van der Waals surface area contributed by atoms with Gasteiger partial charge in [0, 0.05) is 0 Å². The summed E-state index contributed by atoms with van der Waals surface area (Å²) in [7, 11) is 0. The van der Waals surface area contributed by atoms with E-state index in [0.29, 0.717) is 18.2 Å². The summed E-state index contributed by atoms with van der Waals surface area (Å²) in [6.07, 6.45) is -11.8. The SMILES string of the molecule is O=C(O)C(O)c1cc(-c2cccc(C(F)(F)F)c2)cc(C(F)(F)F)c1. The Kier molecular flexibility index (Phi) is 4.81. The van der Waals surface area contributed by atoms with Crippen LogP contribution in [0.4, 0.5) is 26.3 Å². The first-order valence-corrected chi connectivity index (χ1v) is 6.70.